The van der Waals surface area contributed by atoms with Crippen LogP contribution in [0.5, 0.6) is 0 Å². The van der Waals surface area contributed by atoms with E-state index in [9.17, 15) is 52.7 Å². The normalized spacial score (nSPS) is 13.8. The van der Waals surface area contributed by atoms with E-state index >= 15 is 0 Å². The van der Waals surface area contributed by atoms with Gasteiger partial charge in [0.15, 0.2) is 67.5 Å². The van der Waals surface area contributed by atoms with Crippen LogP contribution >= 0.6 is 65.0 Å². The molecular formula is C48H80F12N8O12P4S8. The summed E-state index contributed by atoms with van der Waals surface area (Å²) >= 11 is 0. The summed E-state index contributed by atoms with van der Waals surface area (Å²) in [4.78, 5) is 0. The third kappa shape index (κ3) is 20.9. The molecule has 0 bridgehead atoms. The zero-order valence-electron chi connectivity index (χ0n) is 54.7. The number of hydrogen-bond donors (Lipinski definition) is 0. The first kappa shape index (κ1) is 87.7. The SMILES string of the molecule is Cc1c(C)[n+](C(C)C)c(-p2sp(-c3n(C(C)C)c(C)c(C)[n+]3C(C)C)s[p+](=c3n(C(C)C)c(C)c(C)n3C(C)C)s[p+](=c3n(C(C)C)c(C)c(C)n3C(C)C)s2)n1C(C)C.O=S(=O)([O-])C(F)(F)F.O=S(=O)([O-])C(F)(F)F.O=S(=O)([O-])C(F)(F)F.O=S(=O)([O-])C(F)(F)F. The number of imidazole rings is 4. The molecule has 536 valence electrons. The summed E-state index contributed by atoms with van der Waals surface area (Å²) in [5.74, 6) is -1.55. The summed E-state index contributed by atoms with van der Waals surface area (Å²) in [5.41, 5.74) is -9.73. The topological polar surface area (TPSA) is 266 Å². The van der Waals surface area contributed by atoms with E-state index in [-0.39, 0.29) is 0 Å². The first-order chi connectivity index (χ1) is 40.8. The zero-order chi connectivity index (χ0) is 73.3. The fourth-order valence-corrected chi connectivity index (χ4v) is 66.0. The van der Waals surface area contributed by atoms with Gasteiger partial charge < -0.3 is 36.5 Å². The van der Waals surface area contributed by atoms with Crippen molar-refractivity contribution in [3.8, 4) is 11.1 Å². The molecule has 0 spiro atoms. The molecule has 0 amide bonds. The third-order valence-corrected chi connectivity index (χ3v) is 52.3. The van der Waals surface area contributed by atoms with Crippen molar-refractivity contribution in [3.05, 3.63) is 56.0 Å². The molecule has 5 aromatic heterocycles. The van der Waals surface area contributed by atoms with Gasteiger partial charge in [0.25, 0.3) is 15.9 Å². The molecule has 20 nitrogen and oxygen atoms in total. The minimum atomic E-state index is -6.09. The molecule has 5 rings (SSSR count). The number of alkyl halides is 12. The van der Waals surface area contributed by atoms with Crippen LogP contribution in [0.2, 0.25) is 0 Å². The molecule has 4 atom stereocenters. The van der Waals surface area contributed by atoms with Crippen molar-refractivity contribution in [3.63, 3.8) is 0 Å². The second kappa shape index (κ2) is 32.1. The van der Waals surface area contributed by atoms with E-state index in [0.29, 0.717) is 48.3 Å². The molecule has 92 heavy (non-hydrogen) atoms. The summed E-state index contributed by atoms with van der Waals surface area (Å²) in [6.07, 6.45) is 0. The molecule has 0 radical (unpaired) electrons. The Morgan fingerprint density at radius 2 is 0.533 bits per heavy atom. The van der Waals surface area contributed by atoms with E-state index in [0.717, 1.165) is 0 Å². The Balaban J connectivity index is 0.00000107. The predicted molar refractivity (Wildman–Crippen MR) is 338 cm³/mol. The number of hydrogen-bond acceptors (Lipinski definition) is 16. The van der Waals surface area contributed by atoms with Crippen LogP contribution in [0.25, 0.3) is 11.1 Å². The van der Waals surface area contributed by atoms with Gasteiger partial charge in [0, 0.05) is 74.6 Å². The van der Waals surface area contributed by atoms with Gasteiger partial charge in [-0.25, -0.2) is 42.8 Å². The van der Waals surface area contributed by atoms with Gasteiger partial charge in [-0.15, -0.1) is 0 Å². The van der Waals surface area contributed by atoms with Crippen molar-refractivity contribution < 1.29 is 114 Å². The highest BCUT2D eigenvalue weighted by Crippen LogP contribution is 2.66. The Kier molecular flexibility index (Phi) is 30.7. The molecule has 0 saturated carbocycles. The maximum absolute atomic E-state index is 10.7. The van der Waals surface area contributed by atoms with Gasteiger partial charge in [-0.2, -0.15) is 61.8 Å². The molecule has 0 aromatic carbocycles. The zero-order valence-corrected chi connectivity index (χ0v) is 64.8. The van der Waals surface area contributed by atoms with Gasteiger partial charge in [-0.1, -0.05) is 0 Å². The molecule has 0 N–H and O–H groups in total. The lowest BCUT2D eigenvalue weighted by atomic mass is 10.3. The van der Waals surface area contributed by atoms with Gasteiger partial charge in [-0.3, -0.25) is 0 Å². The second-order valence-corrected chi connectivity index (χ2v) is 51.7. The van der Waals surface area contributed by atoms with Gasteiger partial charge >= 0.3 is 44.6 Å². The Morgan fingerprint density at radius 3 is 0.674 bits per heavy atom. The van der Waals surface area contributed by atoms with Crippen LogP contribution in [0, 0.1) is 65.8 Å². The molecule has 0 fully saturated rings. The van der Waals surface area contributed by atoms with Crippen molar-refractivity contribution in [1.29, 1.82) is 0 Å². The fraction of sp³-hybridized carbons (Fsp3) is 0.750. The average Bonchev–Trinajstić information content (AvgIpc) is 1.57. The van der Waals surface area contributed by atoms with E-state index in [2.05, 4.69) is 245 Å². The molecular weight excluding hydrogens is 1490 g/mol. The summed E-state index contributed by atoms with van der Waals surface area (Å²) in [6.45, 7) is 57.6. The van der Waals surface area contributed by atoms with Crippen molar-refractivity contribution in [2.24, 2.45) is 0 Å². The number of halogens is 12. The lowest BCUT2D eigenvalue weighted by Crippen LogP contribution is -2.39. The molecule has 0 saturated heterocycles. The highest BCUT2D eigenvalue weighted by Gasteiger charge is 2.43. The predicted octanol–water partition coefficient (Wildman–Crippen LogP) is 17.5. The highest BCUT2D eigenvalue weighted by molar-refractivity contribution is 8.54. The first-order valence-electron chi connectivity index (χ1n) is 27.3. The Bertz CT molecular complexity index is 3730. The van der Waals surface area contributed by atoms with Crippen molar-refractivity contribution in [2.45, 2.75) is 237 Å². The molecule has 44 heteroatoms. The summed E-state index contributed by atoms with van der Waals surface area (Å²) < 4.78 is 258. The monoisotopic (exact) mass is 1570 g/mol. The molecule has 5 heterocycles. The van der Waals surface area contributed by atoms with E-state index < -0.39 is 85.3 Å². The summed E-state index contributed by atoms with van der Waals surface area (Å²) in [6, 6.07) is 2.91. The minimum absolute atomic E-state index is 0.363. The number of rotatable bonds is 10. The van der Waals surface area contributed by atoms with E-state index in [4.69, 9.17) is 51.9 Å². The first-order valence-corrected chi connectivity index (χ1v) is 46.4. The standard InChI is InChI=1S/C44H80N8P4S4.4CHF3O3S/c1-25(2)45-33(17)34(18)46(26(3)4)41(45)53-57-54(42-47(27(5)6)35(19)36(20)48(42)28(7)8)59-56(44-51(31(13)14)39(23)40(24)52(44)32(15)16)60-55(58-53)43-49(29(9)10)37(21)38(22)50(43)30(11)12;4*2-1(3,4)8(5,6)7/h25-32H,1-24H3;4*(H,5,6,7)/q+4;;;;/p-4. The lowest BCUT2D eigenvalue weighted by Gasteiger charge is -2.10. The van der Waals surface area contributed by atoms with E-state index in [1.807, 2.05) is 0 Å². The van der Waals surface area contributed by atoms with Gasteiger partial charge in [0.1, 0.15) is 22.8 Å². The van der Waals surface area contributed by atoms with Gasteiger partial charge in [0.2, 0.25) is 0 Å². The Hall–Kier alpha value is -2.28. The lowest BCUT2D eigenvalue weighted by molar-refractivity contribution is -0.708. The summed E-state index contributed by atoms with van der Waals surface area (Å²) in [5, 5.41) is 3.09. The molecule has 0 aliphatic heterocycles. The quantitative estimate of drug-likeness (QED) is 0.0547. The largest absolute Gasteiger partial charge is 0.741 e. The van der Waals surface area contributed by atoms with Crippen molar-refractivity contribution in [2.75, 3.05) is 0 Å². The summed E-state index contributed by atoms with van der Waals surface area (Å²) in [7, 11) is -14.9. The smallest absolute Gasteiger partial charge is 0.485 e. The highest BCUT2D eigenvalue weighted by atomic mass is 33.3. The van der Waals surface area contributed by atoms with Crippen molar-refractivity contribution >= 4 is 105 Å². The van der Waals surface area contributed by atoms with Crippen LogP contribution in [0.3, 0.4) is 0 Å². The van der Waals surface area contributed by atoms with Crippen LogP contribution in [0.4, 0.5) is 52.7 Å². The minimum Gasteiger partial charge on any atom is -0.741 e. The fourth-order valence-electron chi connectivity index (χ4n) is 9.33. The van der Waals surface area contributed by atoms with Gasteiger partial charge in [-0.05, 0) is 138 Å². The molecule has 5 aromatic rings. The third-order valence-electron chi connectivity index (χ3n) is 13.2. The van der Waals surface area contributed by atoms with Crippen LogP contribution in [-0.4, -0.2) is 101 Å². The van der Waals surface area contributed by atoms with Crippen molar-refractivity contribution in [1.82, 2.24) is 27.4 Å². The number of aromatic nitrogens is 8. The maximum Gasteiger partial charge on any atom is 0.485 e. The van der Waals surface area contributed by atoms with Crippen LogP contribution < -0.4 is 9.13 Å². The molecule has 4 unspecified atom stereocenters. The van der Waals surface area contributed by atoms with Gasteiger partial charge in [0.05, 0.1) is 45.3 Å². The maximum atomic E-state index is 10.7. The van der Waals surface area contributed by atoms with Crippen LogP contribution in [-0.2, 0) is 40.5 Å². The van der Waals surface area contributed by atoms with E-state index in [1.165, 1.54) is 45.6 Å². The average molecular weight is 1570 g/mol. The van der Waals surface area contributed by atoms with Crippen LogP contribution in [0.15, 0.2) is 0 Å². The molecule has 0 aliphatic carbocycles. The Labute approximate surface area is 546 Å². The van der Waals surface area contributed by atoms with E-state index in [1.54, 1.807) is 21.5 Å². The molecule has 0 aliphatic rings. The number of nitrogens with zero attached hydrogens (tertiary/aromatic N) is 8. The second-order valence-electron chi connectivity index (χ2n) is 22.5. The van der Waals surface area contributed by atoms with Crippen LogP contribution in [0.1, 0.15) is 205 Å². The Morgan fingerprint density at radius 1 is 0.359 bits per heavy atom.